The van der Waals surface area contributed by atoms with E-state index >= 15 is 0 Å². The Labute approximate surface area is 327 Å². The van der Waals surface area contributed by atoms with Gasteiger partial charge in [0.15, 0.2) is 6.04 Å². The maximum Gasteiger partial charge on any atom is 0.472 e. The summed E-state index contributed by atoms with van der Waals surface area (Å²) in [6, 6.07) is -1.56. The largest absolute Gasteiger partial charge is 0.480 e. The summed E-state index contributed by atoms with van der Waals surface area (Å²) in [7, 11) is -4.76. The van der Waals surface area contributed by atoms with Crippen LogP contribution in [-0.4, -0.2) is 64.9 Å². The van der Waals surface area contributed by atoms with Gasteiger partial charge in [-0.1, -0.05) is 159 Å². The number of carboxylic acids is 1. The standard InChI is InChI=1S/C42H76NO10P/c1-3-5-7-9-11-13-15-17-18-19-20-22-24-26-28-30-32-34-41(46)51-35-38(44)36-52-54(49,50)53-37-39(42(47)48)43-40(45)33-31-29-27-25-23-21-16-14-12-10-8-6-4-2/h6,8,12,14,21,23,38-39,44H,3-5,7,9-11,13,15-20,22,24-37H2,1-2H3,(H,43,45)(H,47,48)(H,49,50)/b8-6-,14-12-,23-21-. The molecule has 0 heterocycles. The van der Waals surface area contributed by atoms with Crippen LogP contribution in [0.3, 0.4) is 0 Å². The number of carbonyl (C=O) groups excluding carboxylic acids is 2. The van der Waals surface area contributed by atoms with E-state index in [0.29, 0.717) is 12.8 Å². The summed E-state index contributed by atoms with van der Waals surface area (Å²) in [6.45, 7) is 2.45. The molecule has 3 atom stereocenters. The van der Waals surface area contributed by atoms with Gasteiger partial charge >= 0.3 is 19.8 Å². The molecule has 0 fully saturated rings. The van der Waals surface area contributed by atoms with Crippen molar-refractivity contribution in [2.24, 2.45) is 0 Å². The van der Waals surface area contributed by atoms with Crippen LogP contribution in [0.4, 0.5) is 0 Å². The number of phosphoric acid groups is 1. The van der Waals surface area contributed by atoms with Gasteiger partial charge < -0.3 is 25.2 Å². The SMILES string of the molecule is CC/C=C\C/C=C\C/C=C\CCCCCC(=O)NC(COP(=O)(O)OCC(O)COC(=O)CCCCCCCCCCCCCCCCCCC)C(=O)O. The topological polar surface area (TPSA) is 169 Å². The summed E-state index contributed by atoms with van der Waals surface area (Å²) in [4.78, 5) is 45.8. The molecule has 4 N–H and O–H groups in total. The molecule has 0 radical (unpaired) electrons. The molecule has 0 aliphatic rings. The van der Waals surface area contributed by atoms with E-state index in [1.807, 2.05) is 0 Å². The summed E-state index contributed by atoms with van der Waals surface area (Å²) in [5.74, 6) is -2.41. The Balaban J connectivity index is 3.92. The van der Waals surface area contributed by atoms with Gasteiger partial charge in [-0.05, 0) is 44.9 Å². The number of amides is 1. The highest BCUT2D eigenvalue weighted by atomic mass is 31.2. The molecule has 0 rings (SSSR count). The number of allylic oxidation sites excluding steroid dienone is 6. The number of rotatable bonds is 39. The number of carbonyl (C=O) groups is 3. The van der Waals surface area contributed by atoms with E-state index in [0.717, 1.165) is 57.8 Å². The lowest BCUT2D eigenvalue weighted by molar-refractivity contribution is -0.147. The number of unbranched alkanes of at least 4 members (excludes halogenated alkanes) is 19. The van der Waals surface area contributed by atoms with Gasteiger partial charge in [0.2, 0.25) is 5.91 Å². The fraction of sp³-hybridized carbons (Fsp3) is 0.786. The molecule has 0 saturated heterocycles. The number of hydrogen-bond donors (Lipinski definition) is 4. The van der Waals surface area contributed by atoms with Crippen molar-refractivity contribution < 1.29 is 47.8 Å². The maximum atomic E-state index is 12.2. The van der Waals surface area contributed by atoms with Gasteiger partial charge in [-0.2, -0.15) is 0 Å². The molecule has 0 aromatic heterocycles. The van der Waals surface area contributed by atoms with Crippen molar-refractivity contribution in [1.82, 2.24) is 5.32 Å². The Morgan fingerprint density at radius 3 is 1.61 bits per heavy atom. The lowest BCUT2D eigenvalue weighted by Crippen LogP contribution is -2.43. The smallest absolute Gasteiger partial charge is 0.472 e. The van der Waals surface area contributed by atoms with E-state index in [1.54, 1.807) is 0 Å². The van der Waals surface area contributed by atoms with Crippen LogP contribution in [0.2, 0.25) is 0 Å². The van der Waals surface area contributed by atoms with Crippen LogP contribution in [0.1, 0.15) is 181 Å². The van der Waals surface area contributed by atoms with Crippen LogP contribution in [0.15, 0.2) is 36.5 Å². The van der Waals surface area contributed by atoms with Crippen molar-refractivity contribution in [3.63, 3.8) is 0 Å². The van der Waals surface area contributed by atoms with Crippen LogP contribution >= 0.6 is 7.82 Å². The van der Waals surface area contributed by atoms with Crippen LogP contribution in [-0.2, 0) is 32.7 Å². The predicted octanol–water partition coefficient (Wildman–Crippen LogP) is 10.4. The number of hydrogen-bond acceptors (Lipinski definition) is 8. The minimum absolute atomic E-state index is 0.110. The number of aliphatic hydroxyl groups is 1. The zero-order chi connectivity index (χ0) is 40.0. The number of aliphatic carboxylic acids is 1. The Kier molecular flexibility index (Phi) is 36.0. The third-order valence-corrected chi connectivity index (χ3v) is 9.89. The van der Waals surface area contributed by atoms with Gasteiger partial charge in [0.1, 0.15) is 12.7 Å². The molecular formula is C42H76NO10P. The molecule has 0 aromatic rings. The Morgan fingerprint density at radius 2 is 1.07 bits per heavy atom. The molecule has 54 heavy (non-hydrogen) atoms. The second kappa shape index (κ2) is 37.6. The molecular weight excluding hydrogens is 709 g/mol. The van der Waals surface area contributed by atoms with Crippen LogP contribution in [0, 0.1) is 0 Å². The number of ether oxygens (including phenoxy) is 1. The summed E-state index contributed by atoms with van der Waals surface area (Å²) in [5, 5.41) is 21.8. The summed E-state index contributed by atoms with van der Waals surface area (Å²) < 4.78 is 26.8. The minimum Gasteiger partial charge on any atom is -0.480 e. The molecule has 12 heteroatoms. The van der Waals surface area contributed by atoms with E-state index in [1.165, 1.54) is 83.5 Å². The number of nitrogens with one attached hydrogen (secondary N) is 1. The maximum absolute atomic E-state index is 12.2. The summed E-state index contributed by atoms with van der Waals surface area (Å²) in [6.07, 6.45) is 38.9. The number of esters is 1. The van der Waals surface area contributed by atoms with Gasteiger partial charge in [-0.3, -0.25) is 18.6 Å². The van der Waals surface area contributed by atoms with E-state index in [-0.39, 0.29) is 12.8 Å². The molecule has 0 bridgehead atoms. The molecule has 3 unspecified atom stereocenters. The average Bonchev–Trinajstić information content (AvgIpc) is 3.14. The normalized spacial score (nSPS) is 14.1. The molecule has 0 aliphatic heterocycles. The number of phosphoric ester groups is 1. The van der Waals surface area contributed by atoms with Gasteiger partial charge in [0.25, 0.3) is 0 Å². The van der Waals surface area contributed by atoms with E-state index in [9.17, 15) is 34.1 Å². The van der Waals surface area contributed by atoms with Crippen molar-refractivity contribution in [2.75, 3.05) is 19.8 Å². The zero-order valence-electron chi connectivity index (χ0n) is 33.8. The summed E-state index contributed by atoms with van der Waals surface area (Å²) >= 11 is 0. The predicted molar refractivity (Wildman–Crippen MR) is 217 cm³/mol. The molecule has 0 aliphatic carbocycles. The van der Waals surface area contributed by atoms with Crippen molar-refractivity contribution >= 4 is 25.7 Å². The minimum atomic E-state index is -4.76. The Hall–Kier alpha value is -2.30. The third kappa shape index (κ3) is 36.7. The Morgan fingerprint density at radius 1 is 0.611 bits per heavy atom. The second-order valence-electron chi connectivity index (χ2n) is 14.2. The highest BCUT2D eigenvalue weighted by molar-refractivity contribution is 7.47. The third-order valence-electron chi connectivity index (χ3n) is 8.94. The first kappa shape index (κ1) is 51.7. The monoisotopic (exact) mass is 786 g/mol. The Bertz CT molecular complexity index is 1060. The number of carboxylic acid groups (broad SMARTS) is 1. The second-order valence-corrected chi connectivity index (χ2v) is 15.6. The molecule has 0 saturated carbocycles. The van der Waals surface area contributed by atoms with Crippen molar-refractivity contribution in [2.45, 2.75) is 193 Å². The van der Waals surface area contributed by atoms with Crippen molar-refractivity contribution in [1.29, 1.82) is 0 Å². The van der Waals surface area contributed by atoms with Gasteiger partial charge in [-0.15, -0.1) is 0 Å². The molecule has 1 amide bonds. The molecule has 0 aromatic carbocycles. The van der Waals surface area contributed by atoms with E-state index in [4.69, 9.17) is 13.8 Å². The highest BCUT2D eigenvalue weighted by Crippen LogP contribution is 2.43. The van der Waals surface area contributed by atoms with Crippen LogP contribution < -0.4 is 5.32 Å². The summed E-state index contributed by atoms with van der Waals surface area (Å²) in [5.41, 5.74) is 0. The van der Waals surface area contributed by atoms with Gasteiger partial charge in [0.05, 0.1) is 13.2 Å². The van der Waals surface area contributed by atoms with Crippen molar-refractivity contribution in [3.8, 4) is 0 Å². The average molecular weight is 786 g/mol. The van der Waals surface area contributed by atoms with E-state index < -0.39 is 57.6 Å². The molecule has 11 nitrogen and oxygen atoms in total. The molecule has 0 spiro atoms. The lowest BCUT2D eigenvalue weighted by atomic mass is 10.0. The first-order chi connectivity index (χ1) is 26.1. The van der Waals surface area contributed by atoms with Crippen LogP contribution in [0.25, 0.3) is 0 Å². The number of aliphatic hydroxyl groups excluding tert-OH is 1. The first-order valence-electron chi connectivity index (χ1n) is 21.0. The van der Waals surface area contributed by atoms with Gasteiger partial charge in [-0.25, -0.2) is 9.36 Å². The molecule has 314 valence electrons. The zero-order valence-corrected chi connectivity index (χ0v) is 34.7. The van der Waals surface area contributed by atoms with E-state index in [2.05, 4.69) is 55.6 Å². The first-order valence-corrected chi connectivity index (χ1v) is 22.5. The van der Waals surface area contributed by atoms with Crippen LogP contribution in [0.5, 0.6) is 0 Å². The van der Waals surface area contributed by atoms with Gasteiger partial charge in [0, 0.05) is 12.8 Å². The highest BCUT2D eigenvalue weighted by Gasteiger charge is 2.28. The van der Waals surface area contributed by atoms with Crippen molar-refractivity contribution in [3.05, 3.63) is 36.5 Å². The lowest BCUT2D eigenvalue weighted by Gasteiger charge is -2.18. The fourth-order valence-corrected chi connectivity index (χ4v) is 6.45. The quantitative estimate of drug-likeness (QED) is 0.0204. The fourth-order valence-electron chi connectivity index (χ4n) is 5.68.